The summed E-state index contributed by atoms with van der Waals surface area (Å²) in [7, 11) is 1.34. The summed E-state index contributed by atoms with van der Waals surface area (Å²) >= 11 is 0. The van der Waals surface area contributed by atoms with Gasteiger partial charge in [0.2, 0.25) is 0 Å². The van der Waals surface area contributed by atoms with Crippen LogP contribution in [0, 0.1) is 17.0 Å². The number of pyridine rings is 1. The van der Waals surface area contributed by atoms with Crippen LogP contribution in [0.3, 0.4) is 0 Å². The number of hydrogen-bond acceptors (Lipinski definition) is 6. The van der Waals surface area contributed by atoms with Crippen LogP contribution in [0.15, 0.2) is 36.8 Å². The molecule has 9 heteroatoms. The molecule has 0 saturated carbocycles. The second-order valence-corrected chi connectivity index (χ2v) is 8.04. The Balaban J connectivity index is 1.62. The van der Waals surface area contributed by atoms with Gasteiger partial charge < -0.3 is 30.5 Å². The Labute approximate surface area is 190 Å². The third-order valence-corrected chi connectivity index (χ3v) is 6.00. The molecule has 1 aromatic carbocycles. The Morgan fingerprint density at radius 1 is 1.30 bits per heavy atom. The quantitative estimate of drug-likeness (QED) is 0.390. The van der Waals surface area contributed by atoms with Gasteiger partial charge in [-0.15, -0.1) is 0 Å². The molecule has 0 spiro atoms. The zero-order chi connectivity index (χ0) is 23.4. The van der Waals surface area contributed by atoms with Gasteiger partial charge in [0, 0.05) is 84.2 Å². The predicted molar refractivity (Wildman–Crippen MR) is 124 cm³/mol. The Bertz CT molecular complexity index is 1170. The lowest BCUT2D eigenvalue weighted by Crippen LogP contribution is -2.41. The van der Waals surface area contributed by atoms with Gasteiger partial charge in [0.15, 0.2) is 11.6 Å². The molecule has 0 radical (unpaired) electrons. The fourth-order valence-corrected chi connectivity index (χ4v) is 4.23. The number of likely N-dealkylation sites (tertiary alicyclic amines) is 1. The summed E-state index contributed by atoms with van der Waals surface area (Å²) in [4.78, 5) is 9.70. The van der Waals surface area contributed by atoms with Gasteiger partial charge >= 0.3 is 0 Å². The lowest BCUT2D eigenvalue weighted by molar-refractivity contribution is 0.160. The molecule has 174 valence electrons. The lowest BCUT2D eigenvalue weighted by atomic mass is 10.0. The molecule has 3 heterocycles. The average Bonchev–Trinajstić information content (AvgIpc) is 3.23. The normalized spacial score (nSPS) is 15.7. The number of β-amino-alcohol motifs (C(OH)–C–C–N with tert-alkyl or cyclic N) is 1. The number of aromatic amines is 1. The van der Waals surface area contributed by atoms with Crippen molar-refractivity contribution in [2.45, 2.75) is 18.9 Å². The highest BCUT2D eigenvalue weighted by molar-refractivity contribution is 6.09. The minimum atomic E-state index is -0.778. The number of methoxy groups -OCH3 is 1. The Hall–Kier alpha value is -3.30. The van der Waals surface area contributed by atoms with E-state index in [2.05, 4.69) is 20.2 Å². The maximum absolute atomic E-state index is 14.3. The first-order valence-electron chi connectivity index (χ1n) is 10.8. The van der Waals surface area contributed by atoms with Crippen molar-refractivity contribution in [3.8, 4) is 16.9 Å². The maximum atomic E-state index is 14.3. The Kier molecular flexibility index (Phi) is 7.00. The smallest absolute Gasteiger partial charge is 0.168 e. The van der Waals surface area contributed by atoms with E-state index in [4.69, 9.17) is 15.3 Å². The molecule has 7 nitrogen and oxygen atoms in total. The molecule has 0 amide bonds. The molecule has 4 rings (SSSR count). The van der Waals surface area contributed by atoms with Crippen LogP contribution in [0.1, 0.15) is 18.4 Å². The number of benzene rings is 1. The number of allylic oxidation sites excluding steroid dienone is 1. The average molecular weight is 456 g/mol. The number of rotatable bonds is 8. The zero-order valence-electron chi connectivity index (χ0n) is 18.4. The van der Waals surface area contributed by atoms with Gasteiger partial charge in [-0.1, -0.05) is 0 Å². The second-order valence-electron chi connectivity index (χ2n) is 8.04. The number of H-pyrrole nitrogens is 1. The van der Waals surface area contributed by atoms with Crippen molar-refractivity contribution in [3.05, 3.63) is 54.0 Å². The molecule has 0 bridgehead atoms. The van der Waals surface area contributed by atoms with Gasteiger partial charge in [-0.2, -0.15) is 0 Å². The van der Waals surface area contributed by atoms with E-state index in [0.717, 1.165) is 32.0 Å². The molecule has 1 aliphatic rings. The molecule has 33 heavy (non-hydrogen) atoms. The minimum absolute atomic E-state index is 0.0419. The molecule has 1 aliphatic heterocycles. The number of fused-ring (bicyclic) bond motifs is 1. The predicted octanol–water partition coefficient (Wildman–Crippen LogP) is 3.55. The topological polar surface area (TPSA) is 97.3 Å². The van der Waals surface area contributed by atoms with Crippen LogP contribution >= 0.6 is 0 Å². The van der Waals surface area contributed by atoms with E-state index in [1.807, 2.05) is 12.3 Å². The van der Waals surface area contributed by atoms with Crippen LogP contribution in [0.2, 0.25) is 0 Å². The van der Waals surface area contributed by atoms with Crippen LogP contribution in [-0.2, 0) is 0 Å². The standard InChI is InChI=1S/C24H27F2N5O2/c1-33-23-19(9-17(25)10-22(23)26)21-14-30-24-20(21)8-15(12-29-24)16(11-27)13-28-18-2-4-31(5-3-18)6-7-32/h8-14,18,27-28,32H,2-7H2,1H3,(H,29,30)/b16-13+,27-11?. The molecule has 2 aromatic heterocycles. The SMILES string of the molecule is COc1c(F)cc(F)cc1-c1c[nH]c2ncc(/C(C=N)=C/NC3CCN(CCO)CC3)cc12. The van der Waals surface area contributed by atoms with E-state index < -0.39 is 11.6 Å². The van der Waals surface area contributed by atoms with Gasteiger partial charge in [-0.3, -0.25) is 0 Å². The first kappa shape index (κ1) is 22.9. The summed E-state index contributed by atoms with van der Waals surface area (Å²) < 4.78 is 33.4. The van der Waals surface area contributed by atoms with Crippen molar-refractivity contribution in [1.82, 2.24) is 20.2 Å². The van der Waals surface area contributed by atoms with E-state index in [1.165, 1.54) is 19.4 Å². The monoisotopic (exact) mass is 455 g/mol. The molecule has 1 saturated heterocycles. The van der Waals surface area contributed by atoms with E-state index in [9.17, 15) is 8.78 Å². The van der Waals surface area contributed by atoms with E-state index in [-0.39, 0.29) is 24.0 Å². The zero-order valence-corrected chi connectivity index (χ0v) is 18.4. The third kappa shape index (κ3) is 4.89. The van der Waals surface area contributed by atoms with Crippen molar-refractivity contribution in [2.75, 3.05) is 33.4 Å². The molecule has 3 aromatic rings. The molecule has 0 aliphatic carbocycles. The van der Waals surface area contributed by atoms with Crippen LogP contribution in [-0.4, -0.2) is 65.6 Å². The summed E-state index contributed by atoms with van der Waals surface area (Å²) in [6, 6.07) is 4.15. The molecule has 1 fully saturated rings. The number of aliphatic hydroxyl groups excluding tert-OH is 1. The Morgan fingerprint density at radius 2 is 2.09 bits per heavy atom. The lowest BCUT2D eigenvalue weighted by Gasteiger charge is -2.31. The van der Waals surface area contributed by atoms with Crippen LogP contribution in [0.4, 0.5) is 8.78 Å². The summed E-state index contributed by atoms with van der Waals surface area (Å²) in [5.74, 6) is -1.52. The molecule has 0 unspecified atom stereocenters. The van der Waals surface area contributed by atoms with Crippen LogP contribution in [0.25, 0.3) is 27.7 Å². The van der Waals surface area contributed by atoms with Crippen molar-refractivity contribution < 1.29 is 18.6 Å². The second kappa shape index (κ2) is 10.1. The minimum Gasteiger partial charge on any atom is -0.493 e. The number of halogens is 2. The molecule has 4 N–H and O–H groups in total. The number of hydrogen-bond donors (Lipinski definition) is 4. The number of aliphatic hydroxyl groups is 1. The number of nitrogens with zero attached hydrogens (tertiary/aromatic N) is 2. The van der Waals surface area contributed by atoms with Gasteiger partial charge in [-0.25, -0.2) is 13.8 Å². The first-order valence-corrected chi connectivity index (χ1v) is 10.8. The van der Waals surface area contributed by atoms with E-state index >= 15 is 0 Å². The van der Waals surface area contributed by atoms with Crippen molar-refractivity contribution in [3.63, 3.8) is 0 Å². The molecule has 0 atom stereocenters. The maximum Gasteiger partial charge on any atom is 0.168 e. The van der Waals surface area contributed by atoms with Crippen molar-refractivity contribution in [1.29, 1.82) is 5.41 Å². The van der Waals surface area contributed by atoms with E-state index in [0.29, 0.717) is 34.3 Å². The highest BCUT2D eigenvalue weighted by Gasteiger charge is 2.19. The Morgan fingerprint density at radius 3 is 2.79 bits per heavy atom. The summed E-state index contributed by atoms with van der Waals surface area (Å²) in [5.41, 5.74) is 2.76. The van der Waals surface area contributed by atoms with E-state index in [1.54, 1.807) is 12.4 Å². The number of nitrogens with one attached hydrogen (secondary N) is 3. The highest BCUT2D eigenvalue weighted by Crippen LogP contribution is 2.37. The fourth-order valence-electron chi connectivity index (χ4n) is 4.23. The highest BCUT2D eigenvalue weighted by atomic mass is 19.1. The van der Waals surface area contributed by atoms with Crippen LogP contribution < -0.4 is 10.1 Å². The van der Waals surface area contributed by atoms with Crippen molar-refractivity contribution >= 4 is 22.8 Å². The van der Waals surface area contributed by atoms with Gasteiger partial charge in [0.25, 0.3) is 0 Å². The van der Waals surface area contributed by atoms with Gasteiger partial charge in [0.05, 0.1) is 13.7 Å². The van der Waals surface area contributed by atoms with Gasteiger partial charge in [0.1, 0.15) is 11.5 Å². The number of aromatic nitrogens is 2. The summed E-state index contributed by atoms with van der Waals surface area (Å²) in [6.07, 6.45) is 8.28. The van der Waals surface area contributed by atoms with Crippen molar-refractivity contribution in [2.24, 2.45) is 0 Å². The van der Waals surface area contributed by atoms with Gasteiger partial charge in [-0.05, 0) is 25.0 Å². The number of ether oxygens (including phenoxy) is 1. The van der Waals surface area contributed by atoms with Crippen LogP contribution in [0.5, 0.6) is 5.75 Å². The molecular formula is C24H27F2N5O2. The summed E-state index contributed by atoms with van der Waals surface area (Å²) in [5, 5.41) is 21.0. The number of piperidine rings is 1. The largest absolute Gasteiger partial charge is 0.493 e. The first-order chi connectivity index (χ1) is 16.0. The summed E-state index contributed by atoms with van der Waals surface area (Å²) in [6.45, 7) is 2.69. The third-order valence-electron chi connectivity index (χ3n) is 6.00. The molecular weight excluding hydrogens is 428 g/mol. The fraction of sp³-hybridized carbons (Fsp3) is 0.333.